The van der Waals surface area contributed by atoms with Crippen LogP contribution < -0.4 is 0 Å². The molecule has 0 aromatic carbocycles. The van der Waals surface area contributed by atoms with Crippen molar-refractivity contribution in [3.8, 4) is 0 Å². The molecule has 1 aliphatic carbocycles. The number of aliphatic hydroxyl groups is 5. The Morgan fingerprint density at radius 2 is 1.00 bits per heavy atom. The number of phosphoric ester groups is 1. The van der Waals surface area contributed by atoms with Crippen LogP contribution in [0.2, 0.25) is 0 Å². The highest BCUT2D eigenvalue weighted by Gasteiger charge is 2.51. The normalized spacial score (nSPS) is 23.2. The molecule has 1 aliphatic rings. The minimum absolute atomic E-state index is 0.0785. The molecule has 0 aliphatic heterocycles. The van der Waals surface area contributed by atoms with E-state index < -0.39 is 75.7 Å². The van der Waals surface area contributed by atoms with E-state index in [1.165, 1.54) is 32.1 Å². The van der Waals surface area contributed by atoms with Crippen molar-refractivity contribution in [2.75, 3.05) is 13.2 Å². The molecule has 13 nitrogen and oxygen atoms in total. The molecule has 0 saturated heterocycles. The average Bonchev–Trinajstić information content (AvgIpc) is 3.18. The van der Waals surface area contributed by atoms with E-state index in [1.807, 2.05) is 0 Å². The maximum Gasteiger partial charge on any atom is 0.472 e. The van der Waals surface area contributed by atoms with Crippen LogP contribution in [0.4, 0.5) is 0 Å². The first-order valence-corrected chi connectivity index (χ1v) is 22.8. The van der Waals surface area contributed by atoms with Gasteiger partial charge in [-0.15, -0.1) is 0 Å². The molecule has 56 heavy (non-hydrogen) atoms. The Kier molecular flexibility index (Phi) is 30.7. The molecule has 326 valence electrons. The highest BCUT2D eigenvalue weighted by atomic mass is 31.2. The lowest BCUT2D eigenvalue weighted by atomic mass is 9.85. The van der Waals surface area contributed by atoms with Crippen LogP contribution >= 0.6 is 7.82 Å². The van der Waals surface area contributed by atoms with Crippen molar-refractivity contribution in [1.29, 1.82) is 0 Å². The monoisotopic (exact) mass is 818 g/mol. The van der Waals surface area contributed by atoms with Gasteiger partial charge in [0.05, 0.1) is 6.61 Å². The molecule has 6 unspecified atom stereocenters. The molecule has 14 heteroatoms. The number of esters is 2. The zero-order valence-corrected chi connectivity index (χ0v) is 35.1. The van der Waals surface area contributed by atoms with E-state index in [-0.39, 0.29) is 12.8 Å². The van der Waals surface area contributed by atoms with E-state index in [2.05, 4.69) is 50.3 Å². The van der Waals surface area contributed by atoms with E-state index >= 15 is 0 Å². The van der Waals surface area contributed by atoms with Crippen LogP contribution in [-0.2, 0) is 32.7 Å². The summed E-state index contributed by atoms with van der Waals surface area (Å²) < 4.78 is 33.4. The van der Waals surface area contributed by atoms with Gasteiger partial charge < -0.3 is 39.9 Å². The van der Waals surface area contributed by atoms with Crippen molar-refractivity contribution in [2.45, 2.75) is 204 Å². The van der Waals surface area contributed by atoms with Gasteiger partial charge >= 0.3 is 19.8 Å². The van der Waals surface area contributed by atoms with E-state index in [1.54, 1.807) is 0 Å². The predicted octanol–water partition coefficient (Wildman–Crippen LogP) is 7.44. The Morgan fingerprint density at radius 1 is 0.554 bits per heavy atom. The smallest absolute Gasteiger partial charge is 0.462 e. The average molecular weight is 819 g/mol. The van der Waals surface area contributed by atoms with Crippen LogP contribution in [0.15, 0.2) is 36.5 Å². The molecule has 0 bridgehead atoms. The summed E-state index contributed by atoms with van der Waals surface area (Å²) in [5, 5.41) is 50.0. The largest absolute Gasteiger partial charge is 0.472 e. The first kappa shape index (κ1) is 52.1. The van der Waals surface area contributed by atoms with Gasteiger partial charge in [-0.25, -0.2) is 4.57 Å². The van der Waals surface area contributed by atoms with Crippen LogP contribution in [0.25, 0.3) is 0 Å². The second-order valence-electron chi connectivity index (χ2n) is 14.8. The first-order valence-electron chi connectivity index (χ1n) is 21.3. The minimum atomic E-state index is -5.12. The maximum absolute atomic E-state index is 12.8. The summed E-state index contributed by atoms with van der Waals surface area (Å²) in [7, 11) is -5.12. The number of rotatable bonds is 34. The maximum atomic E-state index is 12.8. The van der Waals surface area contributed by atoms with Crippen molar-refractivity contribution >= 4 is 19.8 Å². The third kappa shape index (κ3) is 25.4. The zero-order valence-electron chi connectivity index (χ0n) is 34.2. The molecule has 0 spiro atoms. The van der Waals surface area contributed by atoms with Crippen molar-refractivity contribution in [1.82, 2.24) is 0 Å². The molecule has 0 aromatic heterocycles. The second kappa shape index (κ2) is 33.0. The van der Waals surface area contributed by atoms with Gasteiger partial charge in [-0.2, -0.15) is 0 Å². The van der Waals surface area contributed by atoms with Crippen molar-refractivity contribution < 1.29 is 63.1 Å². The van der Waals surface area contributed by atoms with E-state index in [9.17, 15) is 44.6 Å². The molecule has 0 amide bonds. The van der Waals surface area contributed by atoms with E-state index in [4.69, 9.17) is 18.5 Å². The summed E-state index contributed by atoms with van der Waals surface area (Å²) in [4.78, 5) is 35.6. The Labute approximate surface area is 336 Å². The van der Waals surface area contributed by atoms with E-state index in [0.717, 1.165) is 89.9 Å². The van der Waals surface area contributed by atoms with Crippen LogP contribution in [-0.4, -0.2) is 98.3 Å². The molecule has 0 aromatic rings. The highest BCUT2D eigenvalue weighted by molar-refractivity contribution is 7.47. The summed E-state index contributed by atoms with van der Waals surface area (Å²) in [6.45, 7) is 3.18. The summed E-state index contributed by atoms with van der Waals surface area (Å²) in [6.07, 6.45) is 22.1. The van der Waals surface area contributed by atoms with Crippen LogP contribution in [0.1, 0.15) is 162 Å². The molecular formula is C42H75O13P. The van der Waals surface area contributed by atoms with Gasteiger partial charge in [0.25, 0.3) is 0 Å². The number of hydrogen-bond donors (Lipinski definition) is 6. The van der Waals surface area contributed by atoms with Crippen molar-refractivity contribution in [3.05, 3.63) is 36.5 Å². The summed E-state index contributed by atoms with van der Waals surface area (Å²) in [5.74, 6) is -1.13. The zero-order chi connectivity index (χ0) is 41.4. The number of phosphoric acid groups is 1. The third-order valence-corrected chi connectivity index (χ3v) is 10.7. The lowest BCUT2D eigenvalue weighted by molar-refractivity contribution is -0.220. The molecule has 1 saturated carbocycles. The summed E-state index contributed by atoms with van der Waals surface area (Å²) in [5.41, 5.74) is 0. The van der Waals surface area contributed by atoms with Gasteiger partial charge in [0.15, 0.2) is 6.10 Å². The Morgan fingerprint density at radius 3 is 1.54 bits per heavy atom. The quantitative estimate of drug-likeness (QED) is 0.0162. The summed E-state index contributed by atoms with van der Waals surface area (Å²) >= 11 is 0. The number of aliphatic hydroxyl groups excluding tert-OH is 5. The van der Waals surface area contributed by atoms with Crippen molar-refractivity contribution in [2.24, 2.45) is 0 Å². The SMILES string of the molecule is CCC/C=C\C/C=C\CCCCCCCC(=O)OC(COC(=O)CCCCCCC/C=C\CCCCCCC)COP(=O)(O)OC1C(O)C(O)C(O)C(O)C1O. The molecule has 1 fully saturated rings. The number of hydrogen-bond acceptors (Lipinski definition) is 12. The van der Waals surface area contributed by atoms with Crippen LogP contribution in [0.3, 0.4) is 0 Å². The van der Waals surface area contributed by atoms with E-state index in [0.29, 0.717) is 12.8 Å². The Bertz CT molecular complexity index is 1130. The standard InChI is InChI=1S/C42H75O13P/c1-3-5-7-9-11-13-15-17-19-20-22-24-26-28-30-35(43)52-32-34(33-53-56(50,51)55-42-40(48)38(46)37(45)39(47)41(42)49)54-36(44)31-29-27-25-23-21-18-16-14-12-10-8-6-4-2/h8,10,14-17,34,37-42,45-49H,3-7,9,11-13,18-33H2,1-2H3,(H,50,51)/b10-8-,16-14-,17-15-. The first-order chi connectivity index (χ1) is 26.9. The molecule has 6 N–H and O–H groups in total. The number of allylic oxidation sites excluding steroid dienone is 6. The minimum Gasteiger partial charge on any atom is -0.462 e. The van der Waals surface area contributed by atoms with Gasteiger partial charge in [0, 0.05) is 12.8 Å². The number of unbranched alkanes of at least 4 members (excludes halogenated alkanes) is 16. The molecular weight excluding hydrogens is 743 g/mol. The fourth-order valence-electron chi connectivity index (χ4n) is 6.20. The lowest BCUT2D eigenvalue weighted by Gasteiger charge is -2.41. The highest BCUT2D eigenvalue weighted by Crippen LogP contribution is 2.47. The fourth-order valence-corrected chi connectivity index (χ4v) is 7.17. The number of carbonyl (C=O) groups is 2. The molecule has 0 radical (unpaired) electrons. The van der Waals surface area contributed by atoms with Crippen LogP contribution in [0.5, 0.6) is 0 Å². The fraction of sp³-hybridized carbons (Fsp3) is 0.810. The predicted molar refractivity (Wildman–Crippen MR) is 216 cm³/mol. The Balaban J connectivity index is 2.52. The van der Waals surface area contributed by atoms with Crippen molar-refractivity contribution in [3.63, 3.8) is 0 Å². The van der Waals surface area contributed by atoms with Gasteiger partial charge in [-0.1, -0.05) is 121 Å². The van der Waals surface area contributed by atoms with Gasteiger partial charge in [0.1, 0.15) is 43.2 Å². The molecule has 6 atom stereocenters. The van der Waals surface area contributed by atoms with Gasteiger partial charge in [-0.3, -0.25) is 18.6 Å². The Hall–Kier alpha value is -1.93. The van der Waals surface area contributed by atoms with Crippen LogP contribution in [0, 0.1) is 0 Å². The topological polar surface area (TPSA) is 210 Å². The molecule has 1 rings (SSSR count). The van der Waals surface area contributed by atoms with Gasteiger partial charge in [0.2, 0.25) is 0 Å². The number of carbonyl (C=O) groups excluding carboxylic acids is 2. The summed E-state index contributed by atoms with van der Waals surface area (Å²) in [6, 6.07) is 0. The molecule has 0 heterocycles. The third-order valence-electron chi connectivity index (χ3n) is 9.68. The lowest BCUT2D eigenvalue weighted by Crippen LogP contribution is -2.64. The number of ether oxygens (including phenoxy) is 2. The second-order valence-corrected chi connectivity index (χ2v) is 16.2. The van der Waals surface area contributed by atoms with Gasteiger partial charge in [-0.05, 0) is 64.2 Å².